The topological polar surface area (TPSA) is 75.7 Å². The minimum Gasteiger partial charge on any atom is -0.305 e. The molecule has 0 atom stereocenters. The summed E-state index contributed by atoms with van der Waals surface area (Å²) >= 11 is 0. The summed E-state index contributed by atoms with van der Waals surface area (Å²) in [6.45, 7) is 5.17. The van der Waals surface area contributed by atoms with E-state index in [0.717, 1.165) is 32.1 Å². The molecule has 0 heterocycles. The first-order chi connectivity index (χ1) is 11.7. The van der Waals surface area contributed by atoms with E-state index >= 15 is 0 Å². The highest BCUT2D eigenvalue weighted by atomic mass is 32.2. The molecule has 140 valence electrons. The molecule has 1 aliphatic carbocycles. The Balaban J connectivity index is 2.01. The normalized spacial score (nSPS) is 16.6. The van der Waals surface area contributed by atoms with Gasteiger partial charge in [0, 0.05) is 17.3 Å². The smallest absolute Gasteiger partial charge is 0.305 e. The molecule has 1 N–H and O–H groups in total. The molecule has 0 spiro atoms. The molecule has 1 aliphatic rings. The fourth-order valence-corrected chi connectivity index (χ4v) is 4.10. The fourth-order valence-electron chi connectivity index (χ4n) is 3.13. The van der Waals surface area contributed by atoms with Gasteiger partial charge in [-0.1, -0.05) is 37.5 Å². The van der Waals surface area contributed by atoms with Crippen molar-refractivity contribution in [1.29, 1.82) is 0 Å². The number of hydrogen-bond donors (Lipinski definition) is 1. The number of nitrogens with zero attached hydrogens (tertiary/aromatic N) is 1. The third-order valence-electron chi connectivity index (χ3n) is 4.19. The number of carbonyl (C=O) groups excluding carboxylic acids is 1. The summed E-state index contributed by atoms with van der Waals surface area (Å²) < 4.78 is 31.7. The molecule has 1 amide bonds. The Morgan fingerprint density at radius 1 is 1.16 bits per heavy atom. The van der Waals surface area contributed by atoms with E-state index in [1.807, 2.05) is 51.1 Å². The molecule has 0 aliphatic heterocycles. The molecule has 0 radical (unpaired) electrons. The van der Waals surface area contributed by atoms with Gasteiger partial charge < -0.3 is 4.90 Å². The number of para-hydroxylation sites is 1. The lowest BCUT2D eigenvalue weighted by molar-refractivity contribution is -0.121. The van der Waals surface area contributed by atoms with Gasteiger partial charge >= 0.3 is 10.3 Å². The second kappa shape index (κ2) is 8.29. The minimum absolute atomic E-state index is 0.0957. The first kappa shape index (κ1) is 19.9. The fraction of sp³-hybridized carbons (Fsp3) is 0.611. The number of anilines is 1. The van der Waals surface area contributed by atoms with Crippen LogP contribution in [-0.2, 0) is 19.3 Å². The predicted molar refractivity (Wildman–Crippen MR) is 98.6 cm³/mol. The summed E-state index contributed by atoms with van der Waals surface area (Å²) in [7, 11) is -3.93. The Morgan fingerprint density at radius 2 is 1.76 bits per heavy atom. The quantitative estimate of drug-likeness (QED) is 0.837. The van der Waals surface area contributed by atoms with Crippen molar-refractivity contribution in [1.82, 2.24) is 4.72 Å². The van der Waals surface area contributed by atoms with Gasteiger partial charge in [-0.05, 0) is 45.7 Å². The standard InChI is InChI=1S/C18H28N2O4S/c1-18(2,3)20(16-12-8-5-9-13-16)17(21)14-24-25(22,23)19-15-10-6-4-7-11-15/h5,8-9,12-13,15,19H,4,6-7,10-11,14H2,1-3H3. The Bertz CT molecular complexity index is 662. The molecule has 1 aromatic carbocycles. The zero-order valence-electron chi connectivity index (χ0n) is 15.2. The number of carbonyl (C=O) groups is 1. The van der Waals surface area contributed by atoms with E-state index in [2.05, 4.69) is 4.72 Å². The predicted octanol–water partition coefficient (Wildman–Crippen LogP) is 3.00. The molecule has 1 aromatic rings. The zero-order chi connectivity index (χ0) is 18.5. The van der Waals surface area contributed by atoms with Crippen molar-refractivity contribution in [3.05, 3.63) is 30.3 Å². The van der Waals surface area contributed by atoms with Crippen LogP contribution < -0.4 is 9.62 Å². The highest BCUT2D eigenvalue weighted by Gasteiger charge is 2.29. The molecule has 7 heteroatoms. The Hall–Kier alpha value is -1.44. The molecule has 6 nitrogen and oxygen atoms in total. The average Bonchev–Trinajstić information content (AvgIpc) is 2.53. The maximum atomic E-state index is 12.6. The monoisotopic (exact) mass is 368 g/mol. The van der Waals surface area contributed by atoms with Gasteiger partial charge in [-0.25, -0.2) is 4.18 Å². The van der Waals surface area contributed by atoms with Crippen LogP contribution in [-0.4, -0.2) is 32.5 Å². The molecular weight excluding hydrogens is 340 g/mol. The summed E-state index contributed by atoms with van der Waals surface area (Å²) in [5.74, 6) is -0.396. The van der Waals surface area contributed by atoms with Gasteiger partial charge in [-0.2, -0.15) is 13.1 Å². The summed E-state index contributed by atoms with van der Waals surface area (Å²) in [5, 5.41) is 0. The molecular formula is C18H28N2O4S. The van der Waals surface area contributed by atoms with E-state index in [1.165, 1.54) is 0 Å². The van der Waals surface area contributed by atoms with Gasteiger partial charge in [0.1, 0.15) is 6.61 Å². The minimum atomic E-state index is -3.93. The van der Waals surface area contributed by atoms with Crippen molar-refractivity contribution in [2.24, 2.45) is 0 Å². The Labute approximate surface area is 150 Å². The molecule has 0 bridgehead atoms. The molecule has 0 saturated heterocycles. The average molecular weight is 368 g/mol. The number of nitrogens with one attached hydrogen (secondary N) is 1. The molecule has 0 unspecified atom stereocenters. The van der Waals surface area contributed by atoms with Crippen LogP contribution in [0.15, 0.2) is 30.3 Å². The van der Waals surface area contributed by atoms with Crippen molar-refractivity contribution in [3.63, 3.8) is 0 Å². The lowest BCUT2D eigenvalue weighted by Crippen LogP contribution is -2.48. The lowest BCUT2D eigenvalue weighted by Gasteiger charge is -2.35. The van der Waals surface area contributed by atoms with Crippen LogP contribution in [0.1, 0.15) is 52.9 Å². The van der Waals surface area contributed by atoms with Crippen molar-refractivity contribution in [2.45, 2.75) is 64.5 Å². The molecule has 25 heavy (non-hydrogen) atoms. The largest absolute Gasteiger partial charge is 0.336 e. The summed E-state index contributed by atoms with van der Waals surface area (Å²) in [6, 6.07) is 9.08. The van der Waals surface area contributed by atoms with Crippen LogP contribution in [0.2, 0.25) is 0 Å². The van der Waals surface area contributed by atoms with Crippen LogP contribution in [0.3, 0.4) is 0 Å². The highest BCUT2D eigenvalue weighted by Crippen LogP contribution is 2.24. The number of benzene rings is 1. The van der Waals surface area contributed by atoms with E-state index in [-0.39, 0.29) is 6.04 Å². The second-order valence-corrected chi connectivity index (χ2v) is 8.78. The molecule has 2 rings (SSSR count). The second-order valence-electron chi connectivity index (χ2n) is 7.40. The van der Waals surface area contributed by atoms with Crippen molar-refractivity contribution < 1.29 is 17.4 Å². The summed E-state index contributed by atoms with van der Waals surface area (Å²) in [6.07, 6.45) is 4.79. The van der Waals surface area contributed by atoms with Gasteiger partial charge in [0.05, 0.1) is 0 Å². The van der Waals surface area contributed by atoms with Crippen LogP contribution in [0.5, 0.6) is 0 Å². The number of amides is 1. The van der Waals surface area contributed by atoms with Crippen LogP contribution in [0.25, 0.3) is 0 Å². The highest BCUT2D eigenvalue weighted by molar-refractivity contribution is 7.84. The van der Waals surface area contributed by atoms with Crippen molar-refractivity contribution in [2.75, 3.05) is 11.5 Å². The lowest BCUT2D eigenvalue weighted by atomic mass is 9.96. The van der Waals surface area contributed by atoms with Gasteiger partial charge in [-0.15, -0.1) is 0 Å². The number of rotatable bonds is 6. The number of hydrogen-bond acceptors (Lipinski definition) is 4. The maximum absolute atomic E-state index is 12.6. The Kier molecular flexibility index (Phi) is 6.59. The third kappa shape index (κ3) is 6.09. The molecule has 0 aromatic heterocycles. The summed E-state index contributed by atoms with van der Waals surface area (Å²) in [5.41, 5.74) is 0.212. The van der Waals surface area contributed by atoms with E-state index in [4.69, 9.17) is 4.18 Å². The van der Waals surface area contributed by atoms with Crippen LogP contribution in [0.4, 0.5) is 5.69 Å². The van der Waals surface area contributed by atoms with Crippen molar-refractivity contribution >= 4 is 21.9 Å². The van der Waals surface area contributed by atoms with Crippen LogP contribution in [0, 0.1) is 0 Å². The zero-order valence-corrected chi connectivity index (χ0v) is 16.0. The Morgan fingerprint density at radius 3 is 2.32 bits per heavy atom. The summed E-state index contributed by atoms with van der Waals surface area (Å²) in [4.78, 5) is 14.2. The third-order valence-corrected chi connectivity index (χ3v) is 5.24. The van der Waals surface area contributed by atoms with E-state index in [0.29, 0.717) is 5.69 Å². The van der Waals surface area contributed by atoms with Gasteiger partial charge in [0.25, 0.3) is 5.91 Å². The van der Waals surface area contributed by atoms with E-state index < -0.39 is 28.4 Å². The maximum Gasteiger partial charge on any atom is 0.336 e. The van der Waals surface area contributed by atoms with Gasteiger partial charge in [-0.3, -0.25) is 4.79 Å². The van der Waals surface area contributed by atoms with Crippen molar-refractivity contribution in [3.8, 4) is 0 Å². The molecule has 1 saturated carbocycles. The van der Waals surface area contributed by atoms with Gasteiger partial charge in [0.2, 0.25) is 0 Å². The van der Waals surface area contributed by atoms with Gasteiger partial charge in [0.15, 0.2) is 0 Å². The molecule has 1 fully saturated rings. The van der Waals surface area contributed by atoms with E-state index in [9.17, 15) is 13.2 Å². The first-order valence-corrected chi connectivity index (χ1v) is 10.1. The van der Waals surface area contributed by atoms with E-state index in [1.54, 1.807) is 4.90 Å². The van der Waals surface area contributed by atoms with Crippen LogP contribution >= 0.6 is 0 Å². The SMILES string of the molecule is CC(C)(C)N(C(=O)COS(=O)(=O)NC1CCCCC1)c1ccccc1. The first-order valence-electron chi connectivity index (χ1n) is 8.74.